The smallest absolute Gasteiger partial charge is 0.229 e. The fourth-order valence-electron chi connectivity index (χ4n) is 3.16. The van der Waals surface area contributed by atoms with E-state index in [-0.39, 0.29) is 12.3 Å². The molecule has 0 aliphatic heterocycles. The lowest BCUT2D eigenvalue weighted by Gasteiger charge is -2.11. The van der Waals surface area contributed by atoms with Gasteiger partial charge in [0.25, 0.3) is 0 Å². The highest BCUT2D eigenvalue weighted by atomic mass is 16.5. The van der Waals surface area contributed by atoms with Crippen molar-refractivity contribution in [1.29, 1.82) is 0 Å². The van der Waals surface area contributed by atoms with Crippen LogP contribution in [0.4, 0.5) is 5.82 Å². The molecule has 0 saturated heterocycles. The lowest BCUT2D eigenvalue weighted by atomic mass is 10.1. The summed E-state index contributed by atoms with van der Waals surface area (Å²) in [5.74, 6) is 2.63. The number of aromatic nitrogens is 4. The molecule has 1 amide bonds. The van der Waals surface area contributed by atoms with Gasteiger partial charge in [0.05, 0.1) is 32.6 Å². The molecule has 0 aliphatic rings. The van der Waals surface area contributed by atoms with Gasteiger partial charge in [-0.2, -0.15) is 5.10 Å². The highest BCUT2D eigenvalue weighted by Gasteiger charge is 2.15. The predicted octanol–water partition coefficient (Wildman–Crippen LogP) is 3.74. The normalized spacial score (nSPS) is 10.8. The van der Waals surface area contributed by atoms with E-state index in [1.165, 1.54) is 0 Å². The number of furan rings is 1. The molecular weight excluding hydrogens is 410 g/mol. The molecule has 4 rings (SSSR count). The Balaban J connectivity index is 1.62. The summed E-state index contributed by atoms with van der Waals surface area (Å²) in [5, 5.41) is 7.33. The maximum Gasteiger partial charge on any atom is 0.229 e. The molecule has 3 aromatic heterocycles. The van der Waals surface area contributed by atoms with Gasteiger partial charge in [-0.15, -0.1) is 0 Å². The first-order valence-electron chi connectivity index (χ1n) is 9.94. The lowest BCUT2D eigenvalue weighted by molar-refractivity contribution is -0.115. The molecule has 0 atom stereocenters. The summed E-state index contributed by atoms with van der Waals surface area (Å²) in [7, 11) is 3.12. The Morgan fingerprint density at radius 1 is 1.09 bits per heavy atom. The lowest BCUT2D eigenvalue weighted by Crippen LogP contribution is -2.16. The highest BCUT2D eigenvalue weighted by molar-refractivity contribution is 5.91. The molecule has 0 fully saturated rings. The number of hydrogen-bond donors (Lipinski definition) is 1. The summed E-state index contributed by atoms with van der Waals surface area (Å²) < 4.78 is 17.7. The predicted molar refractivity (Wildman–Crippen MR) is 118 cm³/mol. The van der Waals surface area contributed by atoms with Crippen LogP contribution in [0.1, 0.15) is 16.8 Å². The summed E-state index contributed by atoms with van der Waals surface area (Å²) in [6, 6.07) is 10.5. The van der Waals surface area contributed by atoms with Gasteiger partial charge in [-0.1, -0.05) is 6.07 Å². The molecule has 1 aromatic carbocycles. The van der Waals surface area contributed by atoms with Crippen LogP contribution >= 0.6 is 0 Å². The molecule has 9 heteroatoms. The Bertz CT molecular complexity index is 1230. The molecule has 32 heavy (non-hydrogen) atoms. The van der Waals surface area contributed by atoms with E-state index >= 15 is 0 Å². The van der Waals surface area contributed by atoms with Crippen molar-refractivity contribution in [3.05, 3.63) is 65.7 Å². The highest BCUT2D eigenvalue weighted by Crippen LogP contribution is 2.28. The average Bonchev–Trinajstić information content (AvgIpc) is 3.44. The van der Waals surface area contributed by atoms with Crippen molar-refractivity contribution < 1.29 is 18.7 Å². The van der Waals surface area contributed by atoms with E-state index in [0.717, 1.165) is 16.8 Å². The van der Waals surface area contributed by atoms with Gasteiger partial charge in [0.1, 0.15) is 5.82 Å². The topological polar surface area (TPSA) is 104 Å². The van der Waals surface area contributed by atoms with Gasteiger partial charge >= 0.3 is 0 Å². The zero-order chi connectivity index (χ0) is 22.7. The van der Waals surface area contributed by atoms with Crippen LogP contribution < -0.4 is 14.8 Å². The summed E-state index contributed by atoms with van der Waals surface area (Å²) in [4.78, 5) is 21.7. The minimum absolute atomic E-state index is 0.135. The molecule has 0 radical (unpaired) electrons. The molecule has 9 nitrogen and oxygen atoms in total. The van der Waals surface area contributed by atoms with Crippen LogP contribution in [0.5, 0.6) is 11.5 Å². The summed E-state index contributed by atoms with van der Waals surface area (Å²) >= 11 is 0. The van der Waals surface area contributed by atoms with Crippen molar-refractivity contribution in [3.63, 3.8) is 0 Å². The molecular formula is C23H23N5O4. The van der Waals surface area contributed by atoms with E-state index in [9.17, 15) is 4.79 Å². The molecule has 0 spiro atoms. The SMILES string of the molecule is COc1ccc(CC(=O)Nc2cc(-n3cc(C)c(C)n3)nc(-c3ccco3)n2)cc1OC. The third-order valence-electron chi connectivity index (χ3n) is 4.91. The van der Waals surface area contributed by atoms with E-state index in [1.807, 2.05) is 26.1 Å². The number of rotatable bonds is 7. The van der Waals surface area contributed by atoms with Crippen molar-refractivity contribution in [3.8, 4) is 28.9 Å². The molecule has 0 unspecified atom stereocenters. The number of benzene rings is 1. The Kier molecular flexibility index (Phi) is 5.89. The number of hydrogen-bond acceptors (Lipinski definition) is 7. The van der Waals surface area contributed by atoms with Gasteiger partial charge in [0.15, 0.2) is 28.9 Å². The van der Waals surface area contributed by atoms with Gasteiger partial charge in [-0.05, 0) is 49.2 Å². The number of anilines is 1. The zero-order valence-corrected chi connectivity index (χ0v) is 18.2. The van der Waals surface area contributed by atoms with Crippen LogP contribution in [0.15, 0.2) is 53.3 Å². The van der Waals surface area contributed by atoms with Crippen molar-refractivity contribution >= 4 is 11.7 Å². The molecule has 0 saturated carbocycles. The molecule has 1 N–H and O–H groups in total. The molecule has 0 bridgehead atoms. The first kappa shape index (κ1) is 21.1. The van der Waals surface area contributed by atoms with Crippen LogP contribution in [0.3, 0.4) is 0 Å². The third-order valence-corrected chi connectivity index (χ3v) is 4.91. The zero-order valence-electron chi connectivity index (χ0n) is 18.2. The van der Waals surface area contributed by atoms with Crippen LogP contribution in [0, 0.1) is 13.8 Å². The van der Waals surface area contributed by atoms with E-state index < -0.39 is 0 Å². The molecule has 4 aromatic rings. The van der Waals surface area contributed by atoms with Gasteiger partial charge in [0.2, 0.25) is 5.91 Å². The van der Waals surface area contributed by atoms with E-state index in [1.54, 1.807) is 55.5 Å². The molecule has 0 aliphatic carbocycles. The fourth-order valence-corrected chi connectivity index (χ4v) is 3.16. The number of amides is 1. The third kappa shape index (κ3) is 4.46. The molecule has 3 heterocycles. The largest absolute Gasteiger partial charge is 0.493 e. The number of aryl methyl sites for hydroxylation is 2. The van der Waals surface area contributed by atoms with Crippen molar-refractivity contribution in [2.24, 2.45) is 0 Å². The Morgan fingerprint density at radius 2 is 1.91 bits per heavy atom. The number of nitrogens with one attached hydrogen (secondary N) is 1. The quantitative estimate of drug-likeness (QED) is 0.473. The van der Waals surface area contributed by atoms with Gasteiger partial charge in [0, 0.05) is 12.3 Å². The van der Waals surface area contributed by atoms with Crippen LogP contribution in [-0.2, 0) is 11.2 Å². The number of nitrogens with zero attached hydrogens (tertiary/aromatic N) is 4. The number of carbonyl (C=O) groups excluding carboxylic acids is 1. The summed E-state index contributed by atoms with van der Waals surface area (Å²) in [6.07, 6.45) is 3.55. The number of ether oxygens (including phenoxy) is 2. The molecule has 164 valence electrons. The van der Waals surface area contributed by atoms with Crippen molar-refractivity contribution in [2.45, 2.75) is 20.3 Å². The van der Waals surface area contributed by atoms with Crippen LogP contribution in [-0.4, -0.2) is 39.9 Å². The maximum atomic E-state index is 12.8. The first-order valence-corrected chi connectivity index (χ1v) is 9.94. The second-order valence-electron chi connectivity index (χ2n) is 7.17. The van der Waals surface area contributed by atoms with Crippen LogP contribution in [0.2, 0.25) is 0 Å². The number of methoxy groups -OCH3 is 2. The minimum atomic E-state index is -0.236. The monoisotopic (exact) mass is 433 g/mol. The van der Waals surface area contributed by atoms with Gasteiger partial charge < -0.3 is 19.2 Å². The van der Waals surface area contributed by atoms with Crippen LogP contribution in [0.25, 0.3) is 17.4 Å². The van der Waals surface area contributed by atoms with Crippen molar-refractivity contribution in [2.75, 3.05) is 19.5 Å². The standard InChI is InChI=1S/C23H23N5O4/c1-14-13-28(27-15(14)2)21-12-20(25-23(26-21)18-6-5-9-32-18)24-22(29)11-16-7-8-17(30-3)19(10-16)31-4/h5-10,12-13H,11H2,1-4H3,(H,24,25,26,29). The van der Waals surface area contributed by atoms with Gasteiger partial charge in [-0.25, -0.2) is 14.6 Å². The summed E-state index contributed by atoms with van der Waals surface area (Å²) in [6.45, 7) is 3.89. The van der Waals surface area contributed by atoms with Gasteiger partial charge in [-0.3, -0.25) is 4.79 Å². The Morgan fingerprint density at radius 3 is 2.56 bits per heavy atom. The second kappa shape index (κ2) is 8.93. The average molecular weight is 433 g/mol. The fraction of sp³-hybridized carbons (Fsp3) is 0.217. The van der Waals surface area contributed by atoms with E-state index in [2.05, 4.69) is 20.4 Å². The maximum absolute atomic E-state index is 12.8. The Hall–Kier alpha value is -4.14. The van der Waals surface area contributed by atoms with E-state index in [4.69, 9.17) is 13.9 Å². The minimum Gasteiger partial charge on any atom is -0.493 e. The van der Waals surface area contributed by atoms with Crippen molar-refractivity contribution in [1.82, 2.24) is 19.7 Å². The van der Waals surface area contributed by atoms with E-state index in [0.29, 0.717) is 34.7 Å². The second-order valence-corrected chi connectivity index (χ2v) is 7.17. The Labute approximate surface area is 185 Å². The number of carbonyl (C=O) groups is 1. The summed E-state index contributed by atoms with van der Waals surface area (Å²) in [5.41, 5.74) is 2.70. The first-order chi connectivity index (χ1) is 15.5.